The van der Waals surface area contributed by atoms with Gasteiger partial charge in [0.15, 0.2) is 0 Å². The molecule has 0 aliphatic rings. The van der Waals surface area contributed by atoms with Gasteiger partial charge < -0.3 is 20.3 Å². The van der Waals surface area contributed by atoms with Crippen molar-refractivity contribution < 1.29 is 14.9 Å². The van der Waals surface area contributed by atoms with Crippen LogP contribution in [0.25, 0.3) is 10.8 Å². The quantitative estimate of drug-likeness (QED) is 0.310. The number of aromatic hydroxyl groups is 1. The van der Waals surface area contributed by atoms with Crippen molar-refractivity contribution >= 4 is 22.1 Å². The summed E-state index contributed by atoms with van der Waals surface area (Å²) < 4.78 is 5.85. The maximum Gasteiger partial charge on any atom is 0.307 e. The van der Waals surface area contributed by atoms with Gasteiger partial charge in [0.1, 0.15) is 12.4 Å². The van der Waals surface area contributed by atoms with E-state index in [9.17, 15) is 15.0 Å². The standard InChI is InChI=1S/C25H26N2O4S/c1-16(26-14-22(28)20-9-8-18-4-2-3-5-19(18)13-20)15-31-21-10-6-17(7-11-21)12-23-24(29)27-25(30)32-23/h2-11,13,16,22,26,28-29H,12,14-15H2,1H3,(H,27,30). The number of nitrogens with one attached hydrogen (secondary N) is 2. The van der Waals surface area contributed by atoms with Crippen LogP contribution < -0.4 is 14.9 Å². The van der Waals surface area contributed by atoms with Crippen molar-refractivity contribution in [3.05, 3.63) is 92.4 Å². The van der Waals surface area contributed by atoms with Crippen molar-refractivity contribution in [2.45, 2.75) is 25.5 Å². The number of rotatable bonds is 9. The van der Waals surface area contributed by atoms with E-state index in [-0.39, 0.29) is 16.8 Å². The van der Waals surface area contributed by atoms with E-state index in [1.54, 1.807) is 0 Å². The van der Waals surface area contributed by atoms with Crippen LogP contribution >= 0.6 is 11.3 Å². The van der Waals surface area contributed by atoms with Crippen molar-refractivity contribution in [1.82, 2.24) is 10.3 Å². The highest BCUT2D eigenvalue weighted by Gasteiger charge is 2.11. The molecular weight excluding hydrogens is 424 g/mol. The topological polar surface area (TPSA) is 94.6 Å². The number of H-pyrrole nitrogens is 1. The van der Waals surface area contributed by atoms with Crippen LogP contribution in [-0.2, 0) is 6.42 Å². The lowest BCUT2D eigenvalue weighted by molar-refractivity contribution is 0.164. The molecule has 0 aliphatic heterocycles. The summed E-state index contributed by atoms with van der Waals surface area (Å²) >= 11 is 1.01. The predicted octanol–water partition coefficient (Wildman–Crippen LogP) is 3.98. The van der Waals surface area contributed by atoms with Gasteiger partial charge in [-0.2, -0.15) is 0 Å². The summed E-state index contributed by atoms with van der Waals surface area (Å²) in [5.74, 6) is 0.676. The molecule has 4 rings (SSSR count). The molecule has 4 N–H and O–H groups in total. The first-order valence-corrected chi connectivity index (χ1v) is 11.3. The minimum absolute atomic E-state index is 0.0545. The first-order valence-electron chi connectivity index (χ1n) is 10.5. The highest BCUT2D eigenvalue weighted by atomic mass is 32.1. The molecule has 6 nitrogen and oxygen atoms in total. The Kier molecular flexibility index (Phi) is 6.90. The fourth-order valence-electron chi connectivity index (χ4n) is 3.49. The van der Waals surface area contributed by atoms with E-state index in [0.29, 0.717) is 24.4 Å². The molecule has 0 saturated carbocycles. The lowest BCUT2D eigenvalue weighted by atomic mass is 10.0. The SMILES string of the molecule is CC(COc1ccc(Cc2sc(=O)[nH]c2O)cc1)NCC(O)c1ccc2ccccc2c1. The zero-order valence-electron chi connectivity index (χ0n) is 17.7. The van der Waals surface area contributed by atoms with Crippen LogP contribution in [0.4, 0.5) is 0 Å². The van der Waals surface area contributed by atoms with Crippen molar-refractivity contribution in [3.63, 3.8) is 0 Å². The van der Waals surface area contributed by atoms with Crippen molar-refractivity contribution in [3.8, 4) is 11.6 Å². The van der Waals surface area contributed by atoms with Gasteiger partial charge in [0.2, 0.25) is 5.88 Å². The summed E-state index contributed by atoms with van der Waals surface area (Å²) in [4.78, 5) is 14.0. The number of fused-ring (bicyclic) bond motifs is 1. The highest BCUT2D eigenvalue weighted by Crippen LogP contribution is 2.22. The van der Waals surface area contributed by atoms with Gasteiger partial charge in [-0.1, -0.05) is 59.9 Å². The molecule has 1 heterocycles. The molecule has 3 aromatic carbocycles. The van der Waals surface area contributed by atoms with E-state index in [4.69, 9.17) is 4.74 Å². The van der Waals surface area contributed by atoms with Gasteiger partial charge in [0.25, 0.3) is 0 Å². The Morgan fingerprint density at radius 1 is 1.06 bits per heavy atom. The minimum atomic E-state index is -0.595. The molecular formula is C25H26N2O4S. The zero-order chi connectivity index (χ0) is 22.5. The third kappa shape index (κ3) is 5.56. The van der Waals surface area contributed by atoms with E-state index < -0.39 is 6.10 Å². The van der Waals surface area contributed by atoms with Crippen molar-refractivity contribution in [2.24, 2.45) is 0 Å². The molecule has 0 aliphatic carbocycles. The van der Waals surface area contributed by atoms with Crippen molar-refractivity contribution in [1.29, 1.82) is 0 Å². The molecule has 32 heavy (non-hydrogen) atoms. The van der Waals surface area contributed by atoms with Crippen LogP contribution in [0.5, 0.6) is 11.6 Å². The Labute approximate surface area is 190 Å². The van der Waals surface area contributed by atoms with Gasteiger partial charge in [0, 0.05) is 19.0 Å². The maximum absolute atomic E-state index is 11.3. The lowest BCUT2D eigenvalue weighted by Gasteiger charge is -2.18. The number of aromatic amines is 1. The van der Waals surface area contributed by atoms with Crippen LogP contribution in [0.1, 0.15) is 29.0 Å². The first kappa shape index (κ1) is 22.1. The number of thiazole rings is 1. The Bertz CT molecular complexity index is 1230. The number of hydrogen-bond acceptors (Lipinski definition) is 6. The second-order valence-corrected chi connectivity index (χ2v) is 8.92. The third-order valence-electron chi connectivity index (χ3n) is 5.31. The molecule has 2 unspecified atom stereocenters. The largest absolute Gasteiger partial charge is 0.494 e. The second kappa shape index (κ2) is 9.99. The van der Waals surface area contributed by atoms with E-state index in [1.807, 2.05) is 67.6 Å². The summed E-state index contributed by atoms with van der Waals surface area (Å²) in [7, 11) is 0. The second-order valence-electron chi connectivity index (χ2n) is 7.85. The van der Waals surface area contributed by atoms with Gasteiger partial charge in [-0.3, -0.25) is 9.78 Å². The van der Waals surface area contributed by atoms with Gasteiger partial charge in [-0.05, 0) is 47.0 Å². The molecule has 0 spiro atoms. The summed E-state index contributed by atoms with van der Waals surface area (Å²) in [5, 5.41) is 25.8. The zero-order valence-corrected chi connectivity index (χ0v) is 18.6. The monoisotopic (exact) mass is 450 g/mol. The Morgan fingerprint density at radius 2 is 1.81 bits per heavy atom. The molecule has 0 saturated heterocycles. The Balaban J connectivity index is 1.24. The van der Waals surface area contributed by atoms with Gasteiger partial charge >= 0.3 is 4.87 Å². The Morgan fingerprint density at radius 3 is 2.53 bits per heavy atom. The number of ether oxygens (including phenoxy) is 1. The van der Waals surface area contributed by atoms with Crippen LogP contribution in [0.15, 0.2) is 71.5 Å². The van der Waals surface area contributed by atoms with Crippen molar-refractivity contribution in [2.75, 3.05) is 13.2 Å². The lowest BCUT2D eigenvalue weighted by Crippen LogP contribution is -2.34. The molecule has 0 radical (unpaired) electrons. The number of aliphatic hydroxyl groups is 1. The minimum Gasteiger partial charge on any atom is -0.494 e. The molecule has 0 fully saturated rings. The first-order chi connectivity index (χ1) is 15.5. The van der Waals surface area contributed by atoms with Crippen LogP contribution in [-0.4, -0.2) is 34.4 Å². The number of hydrogen-bond donors (Lipinski definition) is 4. The van der Waals surface area contributed by atoms with Crippen LogP contribution in [0.2, 0.25) is 0 Å². The summed E-state index contributed by atoms with van der Waals surface area (Å²) in [6, 6.07) is 21.8. The maximum atomic E-state index is 11.3. The smallest absolute Gasteiger partial charge is 0.307 e. The fraction of sp³-hybridized carbons (Fsp3) is 0.240. The molecule has 0 bridgehead atoms. The molecule has 166 valence electrons. The molecule has 4 aromatic rings. The molecule has 0 amide bonds. The van der Waals surface area contributed by atoms with Gasteiger partial charge in [-0.25, -0.2) is 0 Å². The summed E-state index contributed by atoms with van der Waals surface area (Å²) in [6.07, 6.45) is -0.109. The third-order valence-corrected chi connectivity index (χ3v) is 6.18. The molecule has 2 atom stereocenters. The normalized spacial score (nSPS) is 13.2. The Hall–Kier alpha value is -3.13. The van der Waals surface area contributed by atoms with E-state index in [0.717, 1.165) is 39.0 Å². The van der Waals surface area contributed by atoms with E-state index in [2.05, 4.69) is 16.4 Å². The number of benzene rings is 3. The van der Waals surface area contributed by atoms with Gasteiger partial charge in [-0.15, -0.1) is 0 Å². The average molecular weight is 451 g/mol. The summed E-state index contributed by atoms with van der Waals surface area (Å²) in [6.45, 7) is 2.91. The van der Waals surface area contributed by atoms with Crippen LogP contribution in [0, 0.1) is 0 Å². The molecule has 7 heteroatoms. The van der Waals surface area contributed by atoms with E-state index >= 15 is 0 Å². The van der Waals surface area contributed by atoms with E-state index in [1.165, 1.54) is 0 Å². The summed E-state index contributed by atoms with van der Waals surface area (Å²) in [5.41, 5.74) is 1.87. The number of aliphatic hydroxyl groups excluding tert-OH is 1. The fourth-order valence-corrected chi connectivity index (χ4v) is 4.24. The average Bonchev–Trinajstić information content (AvgIpc) is 3.12. The van der Waals surface area contributed by atoms with Crippen LogP contribution in [0.3, 0.4) is 0 Å². The predicted molar refractivity (Wildman–Crippen MR) is 128 cm³/mol. The van der Waals surface area contributed by atoms with Gasteiger partial charge in [0.05, 0.1) is 11.0 Å². The highest BCUT2D eigenvalue weighted by molar-refractivity contribution is 7.09. The number of aromatic nitrogens is 1. The molecule has 1 aromatic heterocycles.